The Hall–Kier alpha value is -2.24. The summed E-state index contributed by atoms with van der Waals surface area (Å²) in [5.41, 5.74) is 1.25. The Morgan fingerprint density at radius 1 is 1.15 bits per heavy atom. The second-order valence-corrected chi connectivity index (χ2v) is 6.48. The molecule has 2 aromatic rings. The second-order valence-electron chi connectivity index (χ2n) is 6.48. The highest BCUT2D eigenvalue weighted by Gasteiger charge is 2.23. The van der Waals surface area contributed by atoms with Crippen LogP contribution < -0.4 is 4.74 Å². The van der Waals surface area contributed by atoms with Crippen LogP contribution in [0, 0.1) is 11.7 Å². The molecule has 0 unspecified atom stereocenters. The molecule has 0 radical (unpaired) electrons. The fourth-order valence-corrected chi connectivity index (χ4v) is 2.87. The van der Waals surface area contributed by atoms with Crippen LogP contribution >= 0.6 is 0 Å². The van der Waals surface area contributed by atoms with Gasteiger partial charge in [-0.05, 0) is 30.7 Å². The van der Waals surface area contributed by atoms with E-state index in [0.717, 1.165) is 12.0 Å². The van der Waals surface area contributed by atoms with Gasteiger partial charge in [0, 0.05) is 17.5 Å². The summed E-state index contributed by atoms with van der Waals surface area (Å²) in [7, 11) is 0. The summed E-state index contributed by atoms with van der Waals surface area (Å²) in [5, 5.41) is 0. The SMILES string of the molecule is CCCCC1COC(c2ccc(C(=O)Oc3cccc(F)c3)cc2)OC1. The fourth-order valence-electron chi connectivity index (χ4n) is 2.87. The monoisotopic (exact) mass is 358 g/mol. The van der Waals surface area contributed by atoms with Gasteiger partial charge in [-0.3, -0.25) is 0 Å². The van der Waals surface area contributed by atoms with E-state index in [1.807, 2.05) is 0 Å². The summed E-state index contributed by atoms with van der Waals surface area (Å²) in [6, 6.07) is 12.4. The van der Waals surface area contributed by atoms with Gasteiger partial charge in [0.05, 0.1) is 18.8 Å². The van der Waals surface area contributed by atoms with Crippen molar-refractivity contribution in [2.75, 3.05) is 13.2 Å². The molecule has 26 heavy (non-hydrogen) atoms. The molecule has 0 aliphatic carbocycles. The molecule has 0 saturated carbocycles. The molecule has 1 aliphatic heterocycles. The number of hydrogen-bond acceptors (Lipinski definition) is 4. The Morgan fingerprint density at radius 2 is 1.88 bits per heavy atom. The van der Waals surface area contributed by atoms with Crippen molar-refractivity contribution in [2.24, 2.45) is 5.92 Å². The number of unbranched alkanes of at least 4 members (excludes halogenated alkanes) is 1. The quantitative estimate of drug-likeness (QED) is 0.544. The Morgan fingerprint density at radius 3 is 2.54 bits per heavy atom. The Balaban J connectivity index is 1.56. The molecule has 1 saturated heterocycles. The van der Waals surface area contributed by atoms with Crippen molar-refractivity contribution in [3.05, 3.63) is 65.5 Å². The van der Waals surface area contributed by atoms with Crippen LogP contribution in [0.2, 0.25) is 0 Å². The molecular weight excluding hydrogens is 335 g/mol. The predicted octanol–water partition coefficient (Wildman–Crippen LogP) is 4.90. The Bertz CT molecular complexity index is 721. The zero-order valence-corrected chi connectivity index (χ0v) is 14.8. The molecule has 0 aromatic heterocycles. The average Bonchev–Trinajstić information content (AvgIpc) is 2.67. The third kappa shape index (κ3) is 4.90. The van der Waals surface area contributed by atoms with Crippen LogP contribution in [0.15, 0.2) is 48.5 Å². The van der Waals surface area contributed by atoms with Gasteiger partial charge in [0.1, 0.15) is 11.6 Å². The van der Waals surface area contributed by atoms with Gasteiger partial charge in [-0.15, -0.1) is 0 Å². The van der Waals surface area contributed by atoms with Crippen LogP contribution in [-0.2, 0) is 9.47 Å². The largest absolute Gasteiger partial charge is 0.423 e. The third-order valence-corrected chi connectivity index (χ3v) is 4.36. The van der Waals surface area contributed by atoms with E-state index in [4.69, 9.17) is 14.2 Å². The number of rotatable bonds is 6. The smallest absolute Gasteiger partial charge is 0.343 e. The maximum atomic E-state index is 13.2. The standard InChI is InChI=1S/C21H23FO4/c1-2-3-5-15-13-24-21(25-14-15)17-10-8-16(9-11-17)20(23)26-19-7-4-6-18(22)12-19/h4,6-12,15,21H,2-3,5,13-14H2,1H3. The van der Waals surface area contributed by atoms with Crippen molar-refractivity contribution in [1.82, 2.24) is 0 Å². The molecule has 5 heteroatoms. The molecule has 4 nitrogen and oxygen atoms in total. The zero-order valence-electron chi connectivity index (χ0n) is 14.8. The lowest BCUT2D eigenvalue weighted by atomic mass is 10.0. The third-order valence-electron chi connectivity index (χ3n) is 4.36. The molecule has 1 fully saturated rings. The molecule has 1 aliphatic rings. The van der Waals surface area contributed by atoms with Gasteiger partial charge < -0.3 is 14.2 Å². The van der Waals surface area contributed by atoms with Crippen LogP contribution in [0.3, 0.4) is 0 Å². The number of carbonyl (C=O) groups excluding carboxylic acids is 1. The first-order chi connectivity index (χ1) is 12.7. The van der Waals surface area contributed by atoms with Gasteiger partial charge in [-0.2, -0.15) is 0 Å². The van der Waals surface area contributed by atoms with E-state index in [1.165, 1.54) is 37.1 Å². The summed E-state index contributed by atoms with van der Waals surface area (Å²) in [6.45, 7) is 3.55. The molecule has 3 rings (SSSR count). The van der Waals surface area contributed by atoms with Gasteiger partial charge in [0.15, 0.2) is 6.29 Å². The number of esters is 1. The number of ether oxygens (including phenoxy) is 3. The molecule has 0 atom stereocenters. The lowest BCUT2D eigenvalue weighted by molar-refractivity contribution is -0.206. The number of benzene rings is 2. The molecule has 0 N–H and O–H groups in total. The van der Waals surface area contributed by atoms with Crippen molar-refractivity contribution in [1.29, 1.82) is 0 Å². The van der Waals surface area contributed by atoms with Crippen molar-refractivity contribution in [3.8, 4) is 5.75 Å². The normalized spacial score (nSPS) is 19.9. The first-order valence-electron chi connectivity index (χ1n) is 8.96. The van der Waals surface area contributed by atoms with E-state index in [1.54, 1.807) is 24.3 Å². The van der Waals surface area contributed by atoms with Gasteiger partial charge in [-0.1, -0.05) is 38.0 Å². The van der Waals surface area contributed by atoms with E-state index in [-0.39, 0.29) is 5.75 Å². The molecule has 2 aromatic carbocycles. The topological polar surface area (TPSA) is 44.8 Å². The van der Waals surface area contributed by atoms with Gasteiger partial charge in [-0.25, -0.2) is 9.18 Å². The minimum atomic E-state index is -0.535. The van der Waals surface area contributed by atoms with Crippen molar-refractivity contribution >= 4 is 5.97 Å². The predicted molar refractivity (Wildman–Crippen MR) is 95.5 cm³/mol. The fraction of sp³-hybridized carbons (Fsp3) is 0.381. The summed E-state index contributed by atoms with van der Waals surface area (Å²) in [4.78, 5) is 12.1. The van der Waals surface area contributed by atoms with Crippen molar-refractivity contribution in [2.45, 2.75) is 32.5 Å². The van der Waals surface area contributed by atoms with E-state index in [9.17, 15) is 9.18 Å². The first-order valence-corrected chi connectivity index (χ1v) is 8.96. The lowest BCUT2D eigenvalue weighted by Crippen LogP contribution is -2.27. The highest BCUT2D eigenvalue weighted by molar-refractivity contribution is 5.91. The number of carbonyl (C=O) groups is 1. The maximum absolute atomic E-state index is 13.2. The van der Waals surface area contributed by atoms with E-state index < -0.39 is 18.1 Å². The number of halogens is 1. The maximum Gasteiger partial charge on any atom is 0.343 e. The zero-order chi connectivity index (χ0) is 18.4. The highest BCUT2D eigenvalue weighted by atomic mass is 19.1. The van der Waals surface area contributed by atoms with Crippen molar-refractivity contribution in [3.63, 3.8) is 0 Å². The molecule has 0 spiro atoms. The minimum Gasteiger partial charge on any atom is -0.423 e. The van der Waals surface area contributed by atoms with Gasteiger partial charge >= 0.3 is 5.97 Å². The van der Waals surface area contributed by atoms with Crippen molar-refractivity contribution < 1.29 is 23.4 Å². The Kier molecular flexibility index (Phi) is 6.36. The van der Waals surface area contributed by atoms with Crippen LogP contribution in [0.1, 0.15) is 48.4 Å². The Labute approximate surface area is 152 Å². The summed E-state index contributed by atoms with van der Waals surface area (Å²) < 4.78 is 29.9. The molecule has 0 bridgehead atoms. The summed E-state index contributed by atoms with van der Waals surface area (Å²) in [5.74, 6) is -0.357. The molecule has 0 amide bonds. The second kappa shape index (κ2) is 8.92. The minimum absolute atomic E-state index is 0.177. The van der Waals surface area contributed by atoms with E-state index in [2.05, 4.69) is 6.92 Å². The summed E-state index contributed by atoms with van der Waals surface area (Å²) in [6.07, 6.45) is 3.08. The van der Waals surface area contributed by atoms with Crippen LogP contribution in [0.5, 0.6) is 5.75 Å². The molecule has 1 heterocycles. The highest BCUT2D eigenvalue weighted by Crippen LogP contribution is 2.27. The lowest BCUT2D eigenvalue weighted by Gasteiger charge is -2.29. The molecular formula is C21H23FO4. The average molecular weight is 358 g/mol. The van der Waals surface area contributed by atoms with Gasteiger partial charge in [0.25, 0.3) is 0 Å². The van der Waals surface area contributed by atoms with Crippen LogP contribution in [-0.4, -0.2) is 19.2 Å². The first kappa shape index (κ1) is 18.5. The van der Waals surface area contributed by atoms with E-state index in [0.29, 0.717) is 24.7 Å². The summed E-state index contributed by atoms with van der Waals surface area (Å²) >= 11 is 0. The molecule has 138 valence electrons. The van der Waals surface area contributed by atoms with Gasteiger partial charge in [0.2, 0.25) is 0 Å². The van der Waals surface area contributed by atoms with Crippen LogP contribution in [0.25, 0.3) is 0 Å². The number of hydrogen-bond donors (Lipinski definition) is 0. The van der Waals surface area contributed by atoms with Crippen LogP contribution in [0.4, 0.5) is 4.39 Å². The van der Waals surface area contributed by atoms with E-state index >= 15 is 0 Å².